The van der Waals surface area contributed by atoms with Crippen molar-refractivity contribution in [2.24, 2.45) is 11.7 Å². The van der Waals surface area contributed by atoms with Gasteiger partial charge in [-0.05, 0) is 62.4 Å². The molecule has 1 amide bonds. The van der Waals surface area contributed by atoms with Crippen LogP contribution < -0.4 is 11.1 Å². The number of piperidine rings is 1. The summed E-state index contributed by atoms with van der Waals surface area (Å²) < 4.78 is 0. The van der Waals surface area contributed by atoms with Gasteiger partial charge in [-0.3, -0.25) is 4.79 Å². The zero-order chi connectivity index (χ0) is 12.1. The Morgan fingerprint density at radius 2 is 2.35 bits per heavy atom. The smallest absolute Gasteiger partial charge is 0.248 e. The lowest BCUT2D eigenvalue weighted by molar-refractivity contribution is 0.1000. The van der Waals surface area contributed by atoms with Gasteiger partial charge in [0.25, 0.3) is 0 Å². The molecule has 1 unspecified atom stereocenters. The van der Waals surface area contributed by atoms with Gasteiger partial charge < -0.3 is 11.1 Å². The van der Waals surface area contributed by atoms with Crippen molar-refractivity contribution in [1.29, 1.82) is 0 Å². The number of carbonyl (C=O) groups is 1. The highest BCUT2D eigenvalue weighted by Gasteiger charge is 2.12. The Morgan fingerprint density at radius 3 is 3.06 bits per heavy atom. The fraction of sp³-hybridized carbons (Fsp3) is 0.500. The average molecular weight is 232 g/mol. The zero-order valence-electron chi connectivity index (χ0n) is 10.1. The molecule has 0 aromatic heterocycles. The summed E-state index contributed by atoms with van der Waals surface area (Å²) >= 11 is 0. The summed E-state index contributed by atoms with van der Waals surface area (Å²) in [7, 11) is 0. The summed E-state index contributed by atoms with van der Waals surface area (Å²) in [6, 6.07) is 7.67. The van der Waals surface area contributed by atoms with Crippen molar-refractivity contribution in [1.82, 2.24) is 5.32 Å². The summed E-state index contributed by atoms with van der Waals surface area (Å²) in [6.45, 7) is 2.29. The van der Waals surface area contributed by atoms with Crippen molar-refractivity contribution in [2.75, 3.05) is 13.1 Å². The average Bonchev–Trinajstić information content (AvgIpc) is 2.38. The van der Waals surface area contributed by atoms with Gasteiger partial charge in [-0.25, -0.2) is 0 Å². The number of nitrogens with two attached hydrogens (primary N) is 1. The first-order valence-corrected chi connectivity index (χ1v) is 6.35. The molecule has 1 fully saturated rings. The van der Waals surface area contributed by atoms with Gasteiger partial charge in [0.05, 0.1) is 0 Å². The molecule has 0 radical (unpaired) electrons. The summed E-state index contributed by atoms with van der Waals surface area (Å²) in [4.78, 5) is 11.1. The maximum absolute atomic E-state index is 11.1. The number of hydrogen-bond acceptors (Lipinski definition) is 2. The van der Waals surface area contributed by atoms with Crippen LogP contribution in [0.1, 0.15) is 35.2 Å². The van der Waals surface area contributed by atoms with Gasteiger partial charge in [0.2, 0.25) is 5.91 Å². The molecule has 3 N–H and O–H groups in total. The van der Waals surface area contributed by atoms with Crippen molar-refractivity contribution in [3.63, 3.8) is 0 Å². The standard InChI is InChI=1S/C14H20N2O/c15-14(17)13-5-1-3-11(9-13)6-7-12-4-2-8-16-10-12/h1,3,5,9,12,16H,2,4,6-8,10H2,(H2,15,17). The minimum Gasteiger partial charge on any atom is -0.366 e. The summed E-state index contributed by atoms with van der Waals surface area (Å²) in [5, 5.41) is 3.43. The molecule has 0 spiro atoms. The van der Waals surface area contributed by atoms with Gasteiger partial charge >= 0.3 is 0 Å². The van der Waals surface area contributed by atoms with Crippen LogP contribution in [-0.2, 0) is 6.42 Å². The van der Waals surface area contributed by atoms with Gasteiger partial charge in [-0.1, -0.05) is 12.1 Å². The quantitative estimate of drug-likeness (QED) is 0.830. The van der Waals surface area contributed by atoms with Crippen LogP contribution in [0.15, 0.2) is 24.3 Å². The molecule has 17 heavy (non-hydrogen) atoms. The molecule has 3 heteroatoms. The third-order valence-corrected chi connectivity index (χ3v) is 3.45. The van der Waals surface area contributed by atoms with Gasteiger partial charge in [0, 0.05) is 5.56 Å². The van der Waals surface area contributed by atoms with Crippen LogP contribution in [0.2, 0.25) is 0 Å². The highest BCUT2D eigenvalue weighted by molar-refractivity contribution is 5.92. The van der Waals surface area contributed by atoms with Crippen LogP contribution in [0.3, 0.4) is 0 Å². The maximum atomic E-state index is 11.1. The van der Waals surface area contributed by atoms with Crippen LogP contribution in [0.4, 0.5) is 0 Å². The predicted molar refractivity (Wildman–Crippen MR) is 68.9 cm³/mol. The minimum atomic E-state index is -0.341. The molecule has 1 atom stereocenters. The number of rotatable bonds is 4. The number of aryl methyl sites for hydroxylation is 1. The summed E-state index contributed by atoms with van der Waals surface area (Å²) in [5.41, 5.74) is 7.10. The highest BCUT2D eigenvalue weighted by Crippen LogP contribution is 2.17. The molecule has 1 saturated heterocycles. The van der Waals surface area contributed by atoms with Crippen molar-refractivity contribution < 1.29 is 4.79 Å². The molecule has 1 aromatic carbocycles. The van der Waals surface area contributed by atoms with Crippen molar-refractivity contribution in [3.8, 4) is 0 Å². The van der Waals surface area contributed by atoms with E-state index in [1.165, 1.54) is 24.8 Å². The predicted octanol–water partition coefficient (Wildman–Crippen LogP) is 1.72. The zero-order valence-corrected chi connectivity index (χ0v) is 10.1. The van der Waals surface area contributed by atoms with Crippen LogP contribution >= 0.6 is 0 Å². The van der Waals surface area contributed by atoms with Crippen LogP contribution in [0, 0.1) is 5.92 Å². The van der Waals surface area contributed by atoms with E-state index in [9.17, 15) is 4.79 Å². The number of benzene rings is 1. The van der Waals surface area contributed by atoms with E-state index >= 15 is 0 Å². The van der Waals surface area contributed by atoms with Crippen molar-refractivity contribution in [2.45, 2.75) is 25.7 Å². The SMILES string of the molecule is NC(=O)c1cccc(CCC2CCCNC2)c1. The molecule has 1 aliphatic heterocycles. The van der Waals surface area contributed by atoms with Crippen molar-refractivity contribution >= 4 is 5.91 Å². The Morgan fingerprint density at radius 1 is 1.47 bits per heavy atom. The van der Waals surface area contributed by atoms with E-state index in [2.05, 4.69) is 11.4 Å². The molecule has 92 valence electrons. The third kappa shape index (κ3) is 3.56. The van der Waals surface area contributed by atoms with E-state index in [0.717, 1.165) is 25.4 Å². The molecule has 0 bridgehead atoms. The van der Waals surface area contributed by atoms with E-state index in [1.54, 1.807) is 6.07 Å². The Labute approximate surface area is 102 Å². The first-order chi connectivity index (χ1) is 8.25. The largest absolute Gasteiger partial charge is 0.366 e. The molecule has 1 aliphatic rings. The first-order valence-electron chi connectivity index (χ1n) is 6.35. The highest BCUT2D eigenvalue weighted by atomic mass is 16.1. The van der Waals surface area contributed by atoms with E-state index in [-0.39, 0.29) is 5.91 Å². The monoisotopic (exact) mass is 232 g/mol. The minimum absolute atomic E-state index is 0.341. The van der Waals surface area contributed by atoms with Gasteiger partial charge in [0.15, 0.2) is 0 Å². The van der Waals surface area contributed by atoms with Gasteiger partial charge in [-0.15, -0.1) is 0 Å². The topological polar surface area (TPSA) is 55.1 Å². The second-order valence-electron chi connectivity index (χ2n) is 4.82. The molecular weight excluding hydrogens is 212 g/mol. The van der Waals surface area contributed by atoms with Crippen LogP contribution in [0.5, 0.6) is 0 Å². The lowest BCUT2D eigenvalue weighted by Gasteiger charge is -2.22. The molecular formula is C14H20N2O. The molecule has 3 nitrogen and oxygen atoms in total. The second-order valence-corrected chi connectivity index (χ2v) is 4.82. The number of primary amides is 1. The Balaban J connectivity index is 1.89. The molecule has 0 saturated carbocycles. The second kappa shape index (κ2) is 5.82. The van der Waals surface area contributed by atoms with E-state index in [1.807, 2.05) is 12.1 Å². The number of carbonyl (C=O) groups excluding carboxylic acids is 1. The maximum Gasteiger partial charge on any atom is 0.248 e. The first kappa shape index (κ1) is 12.1. The third-order valence-electron chi connectivity index (χ3n) is 3.45. The molecule has 1 aromatic rings. The van der Waals surface area contributed by atoms with Gasteiger partial charge in [0.1, 0.15) is 0 Å². The van der Waals surface area contributed by atoms with E-state index < -0.39 is 0 Å². The van der Waals surface area contributed by atoms with E-state index in [4.69, 9.17) is 5.73 Å². The Kier molecular flexibility index (Phi) is 4.15. The van der Waals surface area contributed by atoms with Crippen molar-refractivity contribution in [3.05, 3.63) is 35.4 Å². The van der Waals surface area contributed by atoms with Crippen LogP contribution in [-0.4, -0.2) is 19.0 Å². The molecule has 2 rings (SSSR count). The Hall–Kier alpha value is -1.35. The van der Waals surface area contributed by atoms with Crippen LogP contribution in [0.25, 0.3) is 0 Å². The fourth-order valence-electron chi connectivity index (χ4n) is 2.42. The fourth-order valence-corrected chi connectivity index (χ4v) is 2.42. The molecule has 0 aliphatic carbocycles. The van der Waals surface area contributed by atoms with Gasteiger partial charge in [-0.2, -0.15) is 0 Å². The summed E-state index contributed by atoms with van der Waals surface area (Å²) in [6.07, 6.45) is 4.83. The lowest BCUT2D eigenvalue weighted by Crippen LogP contribution is -2.29. The lowest BCUT2D eigenvalue weighted by atomic mass is 9.92. The Bertz CT molecular complexity index is 384. The number of hydrogen-bond donors (Lipinski definition) is 2. The number of amides is 1. The normalized spacial score (nSPS) is 20.1. The number of nitrogens with one attached hydrogen (secondary N) is 1. The molecule has 1 heterocycles. The van der Waals surface area contributed by atoms with E-state index in [0.29, 0.717) is 5.56 Å². The summed E-state index contributed by atoms with van der Waals surface area (Å²) in [5.74, 6) is 0.437.